The maximum absolute atomic E-state index is 15.1. The molecular formula is C52H52Cl2F6N4O12S2. The van der Waals surface area contributed by atoms with E-state index in [1.165, 1.54) is 0 Å². The third-order valence-electron chi connectivity index (χ3n) is 12.5. The van der Waals surface area contributed by atoms with Crippen molar-refractivity contribution < 1.29 is 81.4 Å². The molecule has 2 saturated carbocycles. The Hall–Kier alpha value is -6.24. The van der Waals surface area contributed by atoms with E-state index in [0.29, 0.717) is 33.3 Å². The Morgan fingerprint density at radius 2 is 0.897 bits per heavy atom. The summed E-state index contributed by atoms with van der Waals surface area (Å²) >= 11 is 11.9. The van der Waals surface area contributed by atoms with Gasteiger partial charge in [-0.2, -0.15) is 0 Å². The van der Waals surface area contributed by atoms with Gasteiger partial charge in [-0.15, -0.1) is 0 Å². The molecule has 0 spiro atoms. The number of ether oxygens (including phenoxy) is 2. The molecule has 2 heterocycles. The standard InChI is InChI=1S/2C26H26ClF3N2O6S/c2*1-25(2,3)38-24(35)31-19-13-39(36,37)22-10-18(28)17(21(33)8-15-11-26(15,29)30)9-20(22)32(23(19)34)12-14-4-6-16(27)7-5-14/h2*4-7,9-10,15,19H,8,11-13H2,1-3H3,(H,31,35)/t15-,19+;15-,19-/m10/s1. The first-order valence-electron chi connectivity index (χ1n) is 24.0. The van der Waals surface area contributed by atoms with Crippen molar-refractivity contribution in [2.24, 2.45) is 11.8 Å². The van der Waals surface area contributed by atoms with Crippen LogP contribution in [-0.4, -0.2) is 99.0 Å². The topological polar surface area (TPSA) is 220 Å². The first-order chi connectivity index (χ1) is 35.9. The van der Waals surface area contributed by atoms with Crippen molar-refractivity contribution in [3.63, 3.8) is 0 Å². The zero-order chi connectivity index (χ0) is 57.8. The van der Waals surface area contributed by atoms with Crippen LogP contribution in [0, 0.1) is 23.5 Å². The van der Waals surface area contributed by atoms with Crippen LogP contribution in [0.4, 0.5) is 47.3 Å². The normalized spacial score (nSPS) is 21.5. The van der Waals surface area contributed by atoms with Crippen molar-refractivity contribution in [2.75, 3.05) is 21.3 Å². The number of rotatable bonds is 12. The molecular weight excluding hydrogens is 1120 g/mol. The predicted molar refractivity (Wildman–Crippen MR) is 273 cm³/mol. The zero-order valence-corrected chi connectivity index (χ0v) is 45.7. The Labute approximate surface area is 454 Å². The van der Waals surface area contributed by atoms with Gasteiger partial charge in [-0.05, 0) is 101 Å². The number of alkyl carbamates (subject to hydrolysis) is 2. The van der Waals surface area contributed by atoms with Crippen LogP contribution >= 0.6 is 23.2 Å². The number of carbonyl (C=O) groups excluding carboxylic acids is 6. The number of nitrogens with zero attached hydrogens (tertiary/aromatic N) is 2. The summed E-state index contributed by atoms with van der Waals surface area (Å²) in [5, 5.41) is 5.36. The maximum Gasteiger partial charge on any atom is 0.408 e. The molecule has 0 saturated heterocycles. The molecule has 4 aromatic carbocycles. The fourth-order valence-electron chi connectivity index (χ4n) is 8.44. The highest BCUT2D eigenvalue weighted by molar-refractivity contribution is 7.92. The van der Waals surface area contributed by atoms with Gasteiger partial charge < -0.3 is 29.9 Å². The SMILES string of the molecule is CC(C)(C)OC(=O)N[C@H]1CS(=O)(=O)c2cc(F)c(C(=O)C[C@@H]3CC3(F)F)cc2N(Cc2ccc(Cl)cc2)C1=O.CC(C)(C)OC(=O)N[C@H]1CS(=O)(=O)c2cc(F)c(C(=O)C[C@H]3CC3(F)F)cc2N(Cc2ccc(Cl)cc2)C1=O. The predicted octanol–water partition coefficient (Wildman–Crippen LogP) is 9.84. The Balaban J connectivity index is 0.000000226. The monoisotopic (exact) mass is 1170 g/mol. The summed E-state index contributed by atoms with van der Waals surface area (Å²) < 4.78 is 147. The number of alkyl halides is 4. The van der Waals surface area contributed by atoms with E-state index in [-0.39, 0.29) is 24.5 Å². The fourth-order valence-corrected chi connectivity index (χ4v) is 11.9. The van der Waals surface area contributed by atoms with Gasteiger partial charge in [0.2, 0.25) is 0 Å². The zero-order valence-electron chi connectivity index (χ0n) is 42.5. The van der Waals surface area contributed by atoms with Crippen molar-refractivity contribution in [1.82, 2.24) is 10.6 Å². The van der Waals surface area contributed by atoms with Crippen molar-refractivity contribution in [3.05, 3.63) is 117 Å². The molecule has 16 nitrogen and oxygen atoms in total. The van der Waals surface area contributed by atoms with Crippen LogP contribution in [-0.2, 0) is 51.8 Å². The number of amides is 4. The number of benzene rings is 4. The summed E-state index contributed by atoms with van der Waals surface area (Å²) in [5.41, 5.74) is -2.73. The fraction of sp³-hybridized carbons (Fsp3) is 0.423. The van der Waals surface area contributed by atoms with Crippen LogP contribution in [0.5, 0.6) is 0 Å². The molecule has 4 amide bonds. The summed E-state index contributed by atoms with van der Waals surface area (Å²) in [6.45, 7) is 9.04. The number of carbonyl (C=O) groups is 6. The second-order valence-electron chi connectivity index (χ2n) is 21.2. The van der Waals surface area contributed by atoms with Crippen molar-refractivity contribution >= 4 is 89.8 Å². The molecule has 2 aliphatic heterocycles. The van der Waals surface area contributed by atoms with Crippen LogP contribution < -0.4 is 20.4 Å². The largest absolute Gasteiger partial charge is 0.444 e. The van der Waals surface area contributed by atoms with Crippen LogP contribution in [0.2, 0.25) is 10.0 Å². The number of fused-ring (bicyclic) bond motifs is 2. The minimum Gasteiger partial charge on any atom is -0.444 e. The second kappa shape index (κ2) is 21.8. The lowest BCUT2D eigenvalue weighted by Crippen LogP contribution is -2.51. The smallest absolute Gasteiger partial charge is 0.408 e. The van der Waals surface area contributed by atoms with Crippen LogP contribution in [0.15, 0.2) is 82.6 Å². The average molecular weight is 1170 g/mol. The van der Waals surface area contributed by atoms with Gasteiger partial charge in [-0.25, -0.2) is 52.8 Å². The van der Waals surface area contributed by atoms with Crippen LogP contribution in [0.3, 0.4) is 0 Å². The van der Waals surface area contributed by atoms with E-state index in [9.17, 15) is 63.2 Å². The minimum atomic E-state index is -4.40. The van der Waals surface area contributed by atoms with E-state index < -0.39 is 172 Å². The second-order valence-corrected chi connectivity index (χ2v) is 26.1. The number of ketones is 2. The summed E-state index contributed by atoms with van der Waals surface area (Å²) in [4.78, 5) is 78.6. The summed E-state index contributed by atoms with van der Waals surface area (Å²) in [7, 11) is -8.80. The molecule has 4 aliphatic rings. The lowest BCUT2D eigenvalue weighted by molar-refractivity contribution is -0.121. The minimum absolute atomic E-state index is 0.231. The van der Waals surface area contributed by atoms with Gasteiger partial charge in [-0.3, -0.25) is 19.2 Å². The Morgan fingerprint density at radius 1 is 0.590 bits per heavy atom. The average Bonchev–Trinajstić information content (AvgIpc) is 4.27. The maximum atomic E-state index is 15.1. The lowest BCUT2D eigenvalue weighted by Gasteiger charge is -2.27. The van der Waals surface area contributed by atoms with Crippen molar-refractivity contribution in [3.8, 4) is 0 Å². The Kier molecular flexibility index (Phi) is 16.6. The van der Waals surface area contributed by atoms with E-state index in [4.69, 9.17) is 32.7 Å². The molecule has 4 aromatic rings. The molecule has 0 aromatic heterocycles. The first kappa shape index (κ1) is 59.4. The summed E-state index contributed by atoms with van der Waals surface area (Å²) in [6.07, 6.45) is -4.35. The molecule has 2 fully saturated rings. The molecule has 420 valence electrons. The quantitative estimate of drug-likeness (QED) is 0.100. The lowest BCUT2D eigenvalue weighted by atomic mass is 10.0. The first-order valence-corrected chi connectivity index (χ1v) is 28.0. The van der Waals surface area contributed by atoms with Gasteiger partial charge in [0.15, 0.2) is 31.2 Å². The Morgan fingerprint density at radius 3 is 1.18 bits per heavy atom. The number of halogens is 8. The molecule has 2 aliphatic carbocycles. The highest BCUT2D eigenvalue weighted by Crippen LogP contribution is 2.52. The van der Waals surface area contributed by atoms with Gasteiger partial charge in [-0.1, -0.05) is 47.5 Å². The van der Waals surface area contributed by atoms with Crippen LogP contribution in [0.1, 0.15) is 99.1 Å². The van der Waals surface area contributed by atoms with Gasteiger partial charge >= 0.3 is 12.2 Å². The van der Waals surface area contributed by atoms with Crippen molar-refractivity contribution in [2.45, 2.75) is 125 Å². The highest BCUT2D eigenvalue weighted by Gasteiger charge is 2.58. The highest BCUT2D eigenvalue weighted by atomic mass is 35.5. The number of nitrogens with one attached hydrogen (secondary N) is 2. The number of Topliss-reactive ketones (excluding diaryl/α,β-unsaturated/α-hetero) is 2. The van der Waals surface area contributed by atoms with Gasteiger partial charge in [0.05, 0.1) is 56.9 Å². The Bertz CT molecular complexity index is 3100. The number of hydrogen-bond acceptors (Lipinski definition) is 12. The molecule has 0 radical (unpaired) electrons. The third kappa shape index (κ3) is 14.3. The van der Waals surface area contributed by atoms with E-state index in [1.807, 2.05) is 0 Å². The summed E-state index contributed by atoms with van der Waals surface area (Å²) in [5.74, 6) is -16.4. The van der Waals surface area contributed by atoms with Gasteiger partial charge in [0, 0.05) is 47.6 Å². The van der Waals surface area contributed by atoms with E-state index in [2.05, 4.69) is 10.6 Å². The third-order valence-corrected chi connectivity index (χ3v) is 16.6. The number of sulfone groups is 2. The van der Waals surface area contributed by atoms with Gasteiger partial charge in [0.25, 0.3) is 23.7 Å². The number of hydrogen-bond donors (Lipinski definition) is 2. The molecule has 0 bridgehead atoms. The van der Waals surface area contributed by atoms with E-state index >= 15 is 8.78 Å². The molecule has 0 unspecified atom stereocenters. The van der Waals surface area contributed by atoms with Crippen molar-refractivity contribution in [1.29, 1.82) is 0 Å². The van der Waals surface area contributed by atoms with Crippen LogP contribution in [0.25, 0.3) is 0 Å². The van der Waals surface area contributed by atoms with E-state index in [0.717, 1.165) is 21.9 Å². The molecule has 8 rings (SSSR count). The van der Waals surface area contributed by atoms with E-state index in [1.54, 1.807) is 90.1 Å². The van der Waals surface area contributed by atoms with Gasteiger partial charge in [0.1, 0.15) is 34.9 Å². The molecule has 2 N–H and O–H groups in total. The number of anilines is 2. The molecule has 26 heteroatoms. The molecule has 78 heavy (non-hydrogen) atoms. The molecule has 4 atom stereocenters. The summed E-state index contributed by atoms with van der Waals surface area (Å²) in [6, 6.07) is 12.3.